The summed E-state index contributed by atoms with van der Waals surface area (Å²) in [5.41, 5.74) is 0. The molecule has 0 N–H and O–H groups in total. The van der Waals surface area contributed by atoms with Crippen LogP contribution in [-0.4, -0.2) is 19.7 Å². The van der Waals surface area contributed by atoms with Crippen LogP contribution in [0.5, 0.6) is 0 Å². The Morgan fingerprint density at radius 1 is 1.41 bits per heavy atom. The van der Waals surface area contributed by atoms with Crippen molar-refractivity contribution in [2.75, 3.05) is 0 Å². The molecule has 17 heavy (non-hydrogen) atoms. The molecule has 0 aliphatic heterocycles. The van der Waals surface area contributed by atoms with Gasteiger partial charge in [0.15, 0.2) is 5.76 Å². The zero-order valence-corrected chi connectivity index (χ0v) is 9.20. The fourth-order valence-electron chi connectivity index (χ4n) is 1.54. The standard InChI is InChI=1S/C11H10N4O2/c1-8-12-4-5-15(8)7-10-13-11(14-17-10)9-3-2-6-16-9/h2-6H,7H2,1H3. The smallest absolute Gasteiger partial charge is 0.247 e. The Labute approximate surface area is 96.9 Å². The van der Waals surface area contributed by atoms with Crippen molar-refractivity contribution >= 4 is 0 Å². The molecule has 0 spiro atoms. The average molecular weight is 230 g/mol. The number of nitrogens with zero attached hydrogens (tertiary/aromatic N) is 4. The van der Waals surface area contributed by atoms with Gasteiger partial charge in [-0.15, -0.1) is 0 Å². The number of hydrogen-bond acceptors (Lipinski definition) is 5. The fourth-order valence-corrected chi connectivity index (χ4v) is 1.54. The van der Waals surface area contributed by atoms with Crippen molar-refractivity contribution in [1.29, 1.82) is 0 Å². The largest absolute Gasteiger partial charge is 0.461 e. The highest BCUT2D eigenvalue weighted by Crippen LogP contribution is 2.16. The van der Waals surface area contributed by atoms with Crippen molar-refractivity contribution in [2.24, 2.45) is 0 Å². The predicted octanol–water partition coefficient (Wildman–Crippen LogP) is 1.88. The number of furan rings is 1. The third kappa shape index (κ3) is 1.84. The van der Waals surface area contributed by atoms with Crippen LogP contribution in [0.1, 0.15) is 11.7 Å². The van der Waals surface area contributed by atoms with Gasteiger partial charge in [-0.05, 0) is 19.1 Å². The lowest BCUT2D eigenvalue weighted by molar-refractivity contribution is 0.369. The molecule has 3 heterocycles. The normalized spacial score (nSPS) is 10.9. The summed E-state index contributed by atoms with van der Waals surface area (Å²) >= 11 is 0. The summed E-state index contributed by atoms with van der Waals surface area (Å²) in [6, 6.07) is 3.57. The minimum atomic E-state index is 0.461. The second kappa shape index (κ2) is 3.89. The molecule has 0 bridgehead atoms. The predicted molar refractivity (Wildman–Crippen MR) is 58.1 cm³/mol. The molecular formula is C11H10N4O2. The van der Waals surface area contributed by atoms with E-state index in [4.69, 9.17) is 8.94 Å². The van der Waals surface area contributed by atoms with Crippen LogP contribution in [-0.2, 0) is 6.54 Å². The number of hydrogen-bond donors (Lipinski definition) is 0. The number of aryl methyl sites for hydroxylation is 1. The molecule has 0 aliphatic carbocycles. The van der Waals surface area contributed by atoms with Gasteiger partial charge in [0.05, 0.1) is 6.26 Å². The summed E-state index contributed by atoms with van der Waals surface area (Å²) in [6.07, 6.45) is 5.18. The van der Waals surface area contributed by atoms with Crippen LogP contribution >= 0.6 is 0 Å². The third-order valence-electron chi connectivity index (χ3n) is 2.44. The molecule has 0 aromatic carbocycles. The minimum Gasteiger partial charge on any atom is -0.461 e. The van der Waals surface area contributed by atoms with Gasteiger partial charge in [-0.3, -0.25) is 0 Å². The summed E-state index contributed by atoms with van der Waals surface area (Å²) in [6.45, 7) is 2.43. The SMILES string of the molecule is Cc1nccn1Cc1nc(-c2ccco2)no1. The first-order chi connectivity index (χ1) is 8.33. The van der Waals surface area contributed by atoms with Crippen LogP contribution < -0.4 is 0 Å². The van der Waals surface area contributed by atoms with E-state index in [9.17, 15) is 0 Å². The van der Waals surface area contributed by atoms with E-state index in [0.717, 1.165) is 5.82 Å². The van der Waals surface area contributed by atoms with Gasteiger partial charge in [0.25, 0.3) is 0 Å². The molecule has 3 aromatic heterocycles. The van der Waals surface area contributed by atoms with Crippen molar-refractivity contribution in [2.45, 2.75) is 13.5 Å². The van der Waals surface area contributed by atoms with Gasteiger partial charge in [-0.25, -0.2) is 4.98 Å². The lowest BCUT2D eigenvalue weighted by Gasteiger charge is -1.98. The van der Waals surface area contributed by atoms with Gasteiger partial charge in [0, 0.05) is 12.4 Å². The van der Waals surface area contributed by atoms with Crippen molar-refractivity contribution in [3.63, 3.8) is 0 Å². The van der Waals surface area contributed by atoms with Gasteiger partial charge in [-0.2, -0.15) is 4.98 Å². The Balaban J connectivity index is 1.84. The molecule has 3 aromatic rings. The van der Waals surface area contributed by atoms with Gasteiger partial charge in [0.1, 0.15) is 12.4 Å². The topological polar surface area (TPSA) is 69.9 Å². The van der Waals surface area contributed by atoms with Crippen molar-refractivity contribution in [3.8, 4) is 11.6 Å². The zero-order valence-electron chi connectivity index (χ0n) is 9.20. The van der Waals surface area contributed by atoms with Crippen LogP contribution in [0.4, 0.5) is 0 Å². The highest BCUT2D eigenvalue weighted by atomic mass is 16.5. The zero-order chi connectivity index (χ0) is 11.7. The van der Waals surface area contributed by atoms with E-state index < -0.39 is 0 Å². The lowest BCUT2D eigenvalue weighted by atomic mass is 10.4. The summed E-state index contributed by atoms with van der Waals surface area (Å²) in [7, 11) is 0. The number of aromatic nitrogens is 4. The molecule has 0 fully saturated rings. The summed E-state index contributed by atoms with van der Waals surface area (Å²) in [5, 5.41) is 3.86. The second-order valence-electron chi connectivity index (χ2n) is 3.59. The van der Waals surface area contributed by atoms with E-state index in [1.807, 2.05) is 17.7 Å². The molecule has 6 heteroatoms. The first kappa shape index (κ1) is 9.83. The second-order valence-corrected chi connectivity index (χ2v) is 3.59. The fraction of sp³-hybridized carbons (Fsp3) is 0.182. The van der Waals surface area contributed by atoms with Crippen LogP contribution in [0.2, 0.25) is 0 Å². The van der Waals surface area contributed by atoms with Crippen LogP contribution in [0.15, 0.2) is 39.7 Å². The molecule has 0 atom stereocenters. The van der Waals surface area contributed by atoms with E-state index in [0.29, 0.717) is 24.0 Å². The number of imidazole rings is 1. The Kier molecular flexibility index (Phi) is 2.25. The van der Waals surface area contributed by atoms with E-state index in [2.05, 4.69) is 15.1 Å². The van der Waals surface area contributed by atoms with Crippen LogP contribution in [0.25, 0.3) is 11.6 Å². The first-order valence-electron chi connectivity index (χ1n) is 5.17. The molecule has 0 saturated heterocycles. The summed E-state index contributed by atoms with van der Waals surface area (Å²) < 4.78 is 12.3. The van der Waals surface area contributed by atoms with Crippen molar-refractivity contribution < 1.29 is 8.94 Å². The van der Waals surface area contributed by atoms with Gasteiger partial charge >= 0.3 is 0 Å². The average Bonchev–Trinajstić information content (AvgIpc) is 3.02. The first-order valence-corrected chi connectivity index (χ1v) is 5.17. The highest BCUT2D eigenvalue weighted by Gasteiger charge is 2.11. The van der Waals surface area contributed by atoms with Crippen LogP contribution in [0.3, 0.4) is 0 Å². The molecular weight excluding hydrogens is 220 g/mol. The Morgan fingerprint density at radius 3 is 3.06 bits per heavy atom. The Hall–Kier alpha value is -2.37. The number of rotatable bonds is 3. The summed E-state index contributed by atoms with van der Waals surface area (Å²) in [4.78, 5) is 8.37. The Bertz CT molecular complexity index is 609. The highest BCUT2D eigenvalue weighted by molar-refractivity contribution is 5.44. The monoisotopic (exact) mass is 230 g/mol. The van der Waals surface area contributed by atoms with Gasteiger partial charge < -0.3 is 13.5 Å². The van der Waals surface area contributed by atoms with Gasteiger partial charge in [-0.1, -0.05) is 5.16 Å². The quantitative estimate of drug-likeness (QED) is 0.687. The molecule has 3 rings (SSSR count). The molecule has 0 aliphatic rings. The van der Waals surface area contributed by atoms with Gasteiger partial charge in [0.2, 0.25) is 11.7 Å². The van der Waals surface area contributed by atoms with E-state index in [1.54, 1.807) is 24.6 Å². The molecule has 0 amide bonds. The van der Waals surface area contributed by atoms with Crippen molar-refractivity contribution in [3.05, 3.63) is 42.5 Å². The van der Waals surface area contributed by atoms with E-state index in [-0.39, 0.29) is 0 Å². The molecule has 6 nitrogen and oxygen atoms in total. The molecule has 0 saturated carbocycles. The van der Waals surface area contributed by atoms with Crippen LogP contribution in [0, 0.1) is 6.92 Å². The van der Waals surface area contributed by atoms with Crippen molar-refractivity contribution in [1.82, 2.24) is 19.7 Å². The molecule has 0 unspecified atom stereocenters. The molecule has 0 radical (unpaired) electrons. The maximum Gasteiger partial charge on any atom is 0.247 e. The minimum absolute atomic E-state index is 0.461. The lowest BCUT2D eigenvalue weighted by Crippen LogP contribution is -2.00. The maximum atomic E-state index is 5.19. The Morgan fingerprint density at radius 2 is 2.35 bits per heavy atom. The molecule has 86 valence electrons. The third-order valence-corrected chi connectivity index (χ3v) is 2.44. The summed E-state index contributed by atoms with van der Waals surface area (Å²) in [5.74, 6) is 2.49. The van der Waals surface area contributed by atoms with E-state index in [1.165, 1.54) is 0 Å². The van der Waals surface area contributed by atoms with E-state index >= 15 is 0 Å². The maximum absolute atomic E-state index is 5.19.